The van der Waals surface area contributed by atoms with Crippen LogP contribution in [0.4, 0.5) is 0 Å². The Labute approximate surface area is 63.2 Å². The van der Waals surface area contributed by atoms with Crippen LogP contribution in [0.25, 0.3) is 0 Å². The molecular weight excluding hydrogens is 122 g/mol. The van der Waals surface area contributed by atoms with E-state index in [-0.39, 0.29) is 0 Å². The van der Waals surface area contributed by atoms with Gasteiger partial charge in [0, 0.05) is 0 Å². The summed E-state index contributed by atoms with van der Waals surface area (Å²) >= 11 is 0. The fourth-order valence-corrected chi connectivity index (χ4v) is 2.19. The predicted molar refractivity (Wildman–Crippen MR) is 42.9 cm³/mol. The molecule has 2 fully saturated rings. The van der Waals surface area contributed by atoms with E-state index in [2.05, 4.69) is 12.2 Å². The molecule has 0 aromatic carbocycles. The Morgan fingerprint density at radius 2 is 1.80 bits per heavy atom. The van der Waals surface area contributed by atoms with E-state index in [0.717, 1.165) is 11.3 Å². The Morgan fingerprint density at radius 3 is 2.30 bits per heavy atom. The fraction of sp³-hybridized carbons (Fsp3) is 1.00. The van der Waals surface area contributed by atoms with Crippen LogP contribution in [0.3, 0.4) is 0 Å². The van der Waals surface area contributed by atoms with Gasteiger partial charge < -0.3 is 5.32 Å². The molecule has 10 heavy (non-hydrogen) atoms. The molecule has 1 aliphatic heterocycles. The molecule has 1 saturated carbocycles. The van der Waals surface area contributed by atoms with Gasteiger partial charge in [0.05, 0.1) is 0 Å². The van der Waals surface area contributed by atoms with Crippen LogP contribution in [-0.2, 0) is 0 Å². The molecule has 1 N–H and O–H groups in total. The van der Waals surface area contributed by atoms with E-state index in [4.69, 9.17) is 0 Å². The van der Waals surface area contributed by atoms with E-state index in [1.165, 1.54) is 38.8 Å². The summed E-state index contributed by atoms with van der Waals surface area (Å²) in [6, 6.07) is 0. The van der Waals surface area contributed by atoms with Crippen molar-refractivity contribution in [1.82, 2.24) is 5.32 Å². The first-order valence-corrected chi connectivity index (χ1v) is 4.52. The van der Waals surface area contributed by atoms with Crippen molar-refractivity contribution in [3.05, 3.63) is 0 Å². The lowest BCUT2D eigenvalue weighted by Gasteiger charge is -2.34. The molecule has 0 bridgehead atoms. The van der Waals surface area contributed by atoms with Gasteiger partial charge in [-0.2, -0.15) is 0 Å². The van der Waals surface area contributed by atoms with Gasteiger partial charge in [-0.1, -0.05) is 6.92 Å². The molecule has 1 heteroatoms. The smallest absolute Gasteiger partial charge is 0.00436 e. The summed E-state index contributed by atoms with van der Waals surface area (Å²) < 4.78 is 0. The second-order valence-electron chi connectivity index (χ2n) is 4.18. The van der Waals surface area contributed by atoms with E-state index in [1.54, 1.807) is 0 Å². The van der Waals surface area contributed by atoms with Gasteiger partial charge in [0.15, 0.2) is 0 Å². The van der Waals surface area contributed by atoms with Crippen LogP contribution in [0.1, 0.15) is 32.6 Å². The highest BCUT2D eigenvalue weighted by atomic mass is 14.9. The molecule has 0 spiro atoms. The van der Waals surface area contributed by atoms with Crippen molar-refractivity contribution in [2.75, 3.05) is 13.1 Å². The van der Waals surface area contributed by atoms with Crippen LogP contribution in [0, 0.1) is 11.3 Å². The Kier molecular flexibility index (Phi) is 1.48. The van der Waals surface area contributed by atoms with Crippen LogP contribution in [0.5, 0.6) is 0 Å². The van der Waals surface area contributed by atoms with Gasteiger partial charge in [-0.25, -0.2) is 0 Å². The number of nitrogens with one attached hydrogen (secondary N) is 1. The van der Waals surface area contributed by atoms with Crippen molar-refractivity contribution in [2.45, 2.75) is 32.6 Å². The summed E-state index contributed by atoms with van der Waals surface area (Å²) in [6.07, 6.45) is 5.85. The first-order chi connectivity index (χ1) is 4.81. The summed E-state index contributed by atoms with van der Waals surface area (Å²) in [5.41, 5.74) is 0.727. The summed E-state index contributed by atoms with van der Waals surface area (Å²) in [5.74, 6) is 1.09. The summed E-state index contributed by atoms with van der Waals surface area (Å²) in [6.45, 7) is 4.99. The number of hydrogen-bond donors (Lipinski definition) is 1. The third-order valence-corrected chi connectivity index (χ3v) is 3.31. The number of piperidine rings is 1. The van der Waals surface area contributed by atoms with Crippen molar-refractivity contribution in [2.24, 2.45) is 11.3 Å². The molecule has 0 aromatic heterocycles. The molecule has 58 valence electrons. The Morgan fingerprint density at radius 1 is 1.20 bits per heavy atom. The minimum atomic E-state index is 0.727. The largest absolute Gasteiger partial charge is 0.317 e. The monoisotopic (exact) mass is 139 g/mol. The van der Waals surface area contributed by atoms with Gasteiger partial charge in [0.25, 0.3) is 0 Å². The summed E-state index contributed by atoms with van der Waals surface area (Å²) in [7, 11) is 0. The average molecular weight is 139 g/mol. The second kappa shape index (κ2) is 2.23. The van der Waals surface area contributed by atoms with Crippen molar-refractivity contribution < 1.29 is 0 Å². The molecular formula is C9H17N. The molecule has 0 radical (unpaired) electrons. The molecule has 1 saturated heterocycles. The van der Waals surface area contributed by atoms with Gasteiger partial charge in [-0.05, 0) is 50.1 Å². The second-order valence-corrected chi connectivity index (χ2v) is 4.18. The highest BCUT2D eigenvalue weighted by Gasteiger charge is 2.41. The molecule has 0 amide bonds. The lowest BCUT2D eigenvalue weighted by molar-refractivity contribution is 0.192. The van der Waals surface area contributed by atoms with Crippen molar-refractivity contribution in [3.63, 3.8) is 0 Å². The quantitative estimate of drug-likeness (QED) is 0.584. The topological polar surface area (TPSA) is 12.0 Å². The van der Waals surface area contributed by atoms with Gasteiger partial charge in [-0.15, -0.1) is 0 Å². The first-order valence-electron chi connectivity index (χ1n) is 4.52. The van der Waals surface area contributed by atoms with Gasteiger partial charge in [-0.3, -0.25) is 0 Å². The zero-order valence-electron chi connectivity index (χ0n) is 6.82. The third kappa shape index (κ3) is 1.07. The maximum atomic E-state index is 3.42. The van der Waals surface area contributed by atoms with E-state index in [9.17, 15) is 0 Å². The molecule has 1 aliphatic carbocycles. The number of rotatable bonds is 1. The molecule has 0 aromatic rings. The van der Waals surface area contributed by atoms with Crippen LogP contribution in [0.15, 0.2) is 0 Å². The Bertz CT molecular complexity index is 121. The van der Waals surface area contributed by atoms with Crippen molar-refractivity contribution in [3.8, 4) is 0 Å². The van der Waals surface area contributed by atoms with E-state index in [1.807, 2.05) is 0 Å². The van der Waals surface area contributed by atoms with Gasteiger partial charge in [0.1, 0.15) is 0 Å². The summed E-state index contributed by atoms with van der Waals surface area (Å²) in [4.78, 5) is 0. The zero-order valence-corrected chi connectivity index (χ0v) is 6.82. The SMILES string of the molecule is CC1(C2CC2)CCNCC1. The van der Waals surface area contributed by atoms with Crippen molar-refractivity contribution >= 4 is 0 Å². The lowest BCUT2D eigenvalue weighted by Crippen LogP contribution is -2.35. The van der Waals surface area contributed by atoms with E-state index in [0.29, 0.717) is 0 Å². The van der Waals surface area contributed by atoms with Gasteiger partial charge >= 0.3 is 0 Å². The lowest BCUT2D eigenvalue weighted by atomic mass is 9.77. The maximum Gasteiger partial charge on any atom is -0.00436 e. The fourth-order valence-electron chi connectivity index (χ4n) is 2.19. The third-order valence-electron chi connectivity index (χ3n) is 3.31. The molecule has 0 atom stereocenters. The van der Waals surface area contributed by atoms with Crippen LogP contribution in [0.2, 0.25) is 0 Å². The Hall–Kier alpha value is -0.0400. The number of hydrogen-bond acceptors (Lipinski definition) is 1. The van der Waals surface area contributed by atoms with Gasteiger partial charge in [0.2, 0.25) is 0 Å². The standard InChI is InChI=1S/C9H17N/c1-9(8-2-3-8)4-6-10-7-5-9/h8,10H,2-7H2,1H3. The minimum absolute atomic E-state index is 0.727. The molecule has 2 rings (SSSR count). The van der Waals surface area contributed by atoms with E-state index < -0.39 is 0 Å². The highest BCUT2D eigenvalue weighted by molar-refractivity contribution is 4.93. The predicted octanol–water partition coefficient (Wildman–Crippen LogP) is 1.79. The average Bonchev–Trinajstić information content (AvgIpc) is 2.69. The molecule has 1 nitrogen and oxygen atoms in total. The highest BCUT2D eigenvalue weighted by Crippen LogP contribution is 2.50. The maximum absolute atomic E-state index is 3.42. The van der Waals surface area contributed by atoms with Crippen LogP contribution < -0.4 is 5.32 Å². The van der Waals surface area contributed by atoms with E-state index >= 15 is 0 Å². The van der Waals surface area contributed by atoms with Crippen LogP contribution in [-0.4, -0.2) is 13.1 Å². The molecule has 0 unspecified atom stereocenters. The molecule has 2 aliphatic rings. The van der Waals surface area contributed by atoms with Crippen LogP contribution >= 0.6 is 0 Å². The molecule has 1 heterocycles. The first kappa shape index (κ1) is 6.66. The minimum Gasteiger partial charge on any atom is -0.317 e. The normalized spacial score (nSPS) is 32.1. The Balaban J connectivity index is 1.97. The van der Waals surface area contributed by atoms with Crippen molar-refractivity contribution in [1.29, 1.82) is 0 Å². The summed E-state index contributed by atoms with van der Waals surface area (Å²) in [5, 5.41) is 3.42. The zero-order chi connectivity index (χ0) is 7.03.